The van der Waals surface area contributed by atoms with Crippen molar-refractivity contribution in [2.24, 2.45) is 5.73 Å². The number of nitrogens with two attached hydrogens (primary N) is 1. The summed E-state index contributed by atoms with van der Waals surface area (Å²) in [7, 11) is 4.92. The van der Waals surface area contributed by atoms with Crippen molar-refractivity contribution in [2.75, 3.05) is 21.3 Å². The van der Waals surface area contributed by atoms with E-state index in [1.165, 1.54) is 6.42 Å². The first-order valence-electron chi connectivity index (χ1n) is 6.85. The monoisotopic (exact) mass is 343 g/mol. The van der Waals surface area contributed by atoms with Crippen LogP contribution in [0.15, 0.2) is 10.5 Å². The molecule has 0 unspecified atom stereocenters. The minimum atomic E-state index is -0.425. The van der Waals surface area contributed by atoms with Gasteiger partial charge in [0.05, 0.1) is 31.4 Å². The molecule has 0 aromatic heterocycles. The Morgan fingerprint density at radius 1 is 1.00 bits per heavy atom. The summed E-state index contributed by atoms with van der Waals surface area (Å²) in [5.74, 6) is 2.09. The number of hydrogen-bond acceptors (Lipinski definition) is 4. The summed E-state index contributed by atoms with van der Waals surface area (Å²) >= 11 is 3.54. The number of halogens is 1. The summed E-state index contributed by atoms with van der Waals surface area (Å²) in [5, 5.41) is 0. The van der Waals surface area contributed by atoms with Gasteiger partial charge in [-0.1, -0.05) is 19.3 Å². The van der Waals surface area contributed by atoms with Crippen LogP contribution in [-0.4, -0.2) is 21.3 Å². The van der Waals surface area contributed by atoms with E-state index in [2.05, 4.69) is 15.9 Å². The number of hydrogen-bond donors (Lipinski definition) is 1. The second-order valence-electron chi connectivity index (χ2n) is 5.22. The summed E-state index contributed by atoms with van der Waals surface area (Å²) < 4.78 is 17.4. The van der Waals surface area contributed by atoms with E-state index in [1.54, 1.807) is 21.3 Å². The van der Waals surface area contributed by atoms with Crippen LogP contribution in [-0.2, 0) is 5.54 Å². The molecule has 0 spiro atoms. The molecule has 20 heavy (non-hydrogen) atoms. The first kappa shape index (κ1) is 15.4. The molecule has 1 saturated carbocycles. The van der Waals surface area contributed by atoms with Gasteiger partial charge in [0.25, 0.3) is 0 Å². The number of benzene rings is 1. The molecule has 0 amide bonds. The fourth-order valence-electron chi connectivity index (χ4n) is 3.03. The lowest BCUT2D eigenvalue weighted by Gasteiger charge is -2.36. The highest BCUT2D eigenvalue weighted by Crippen LogP contribution is 2.50. The van der Waals surface area contributed by atoms with E-state index in [0.29, 0.717) is 11.5 Å². The third-order valence-electron chi connectivity index (χ3n) is 4.02. The normalized spacial score (nSPS) is 17.6. The maximum absolute atomic E-state index is 6.69. The largest absolute Gasteiger partial charge is 0.495 e. The van der Waals surface area contributed by atoms with Crippen molar-refractivity contribution in [3.63, 3.8) is 0 Å². The van der Waals surface area contributed by atoms with E-state index in [1.807, 2.05) is 6.07 Å². The second-order valence-corrected chi connectivity index (χ2v) is 6.07. The Hall–Kier alpha value is -0.940. The molecule has 2 N–H and O–H groups in total. The number of methoxy groups -OCH3 is 3. The standard InChI is InChI=1S/C15H22BrNO3/c1-18-11-9-10(16)13(19-2)12(14(11)20-3)15(17)7-5-4-6-8-15/h9H,4-8,17H2,1-3H3. The van der Waals surface area contributed by atoms with Gasteiger partial charge in [0, 0.05) is 11.6 Å². The van der Waals surface area contributed by atoms with Gasteiger partial charge in [0.1, 0.15) is 5.75 Å². The van der Waals surface area contributed by atoms with E-state index in [9.17, 15) is 0 Å². The van der Waals surface area contributed by atoms with Gasteiger partial charge in [-0.2, -0.15) is 0 Å². The first-order chi connectivity index (χ1) is 9.57. The molecule has 4 nitrogen and oxygen atoms in total. The zero-order valence-electron chi connectivity index (χ0n) is 12.3. The highest BCUT2D eigenvalue weighted by Gasteiger charge is 2.37. The second kappa shape index (κ2) is 6.22. The highest BCUT2D eigenvalue weighted by atomic mass is 79.9. The van der Waals surface area contributed by atoms with Gasteiger partial charge in [-0.15, -0.1) is 0 Å². The van der Waals surface area contributed by atoms with Crippen molar-refractivity contribution in [1.29, 1.82) is 0 Å². The molecule has 1 aliphatic carbocycles. The molecule has 1 fully saturated rings. The number of ether oxygens (including phenoxy) is 3. The van der Waals surface area contributed by atoms with Crippen molar-refractivity contribution in [1.82, 2.24) is 0 Å². The van der Waals surface area contributed by atoms with Gasteiger partial charge >= 0.3 is 0 Å². The molecule has 0 bridgehead atoms. The molecule has 0 heterocycles. The van der Waals surface area contributed by atoms with Crippen molar-refractivity contribution >= 4 is 15.9 Å². The predicted molar refractivity (Wildman–Crippen MR) is 82.7 cm³/mol. The van der Waals surface area contributed by atoms with Crippen molar-refractivity contribution in [2.45, 2.75) is 37.6 Å². The lowest BCUT2D eigenvalue weighted by molar-refractivity contribution is 0.268. The summed E-state index contributed by atoms with van der Waals surface area (Å²) in [5.41, 5.74) is 7.18. The topological polar surface area (TPSA) is 53.7 Å². The predicted octanol–water partition coefficient (Wildman–Crippen LogP) is 3.59. The Labute approximate surface area is 128 Å². The molecular weight excluding hydrogens is 322 g/mol. The van der Waals surface area contributed by atoms with Crippen LogP contribution in [0.4, 0.5) is 0 Å². The average Bonchev–Trinajstić information content (AvgIpc) is 2.46. The van der Waals surface area contributed by atoms with Gasteiger partial charge < -0.3 is 19.9 Å². The molecule has 1 aromatic carbocycles. The molecular formula is C15H22BrNO3. The summed E-state index contributed by atoms with van der Waals surface area (Å²) in [6.45, 7) is 0. The smallest absolute Gasteiger partial charge is 0.169 e. The van der Waals surface area contributed by atoms with Crippen LogP contribution in [0.25, 0.3) is 0 Å². The third-order valence-corrected chi connectivity index (χ3v) is 4.61. The molecule has 2 rings (SSSR count). The SMILES string of the molecule is COc1cc(Br)c(OC)c(C2(N)CCCCC2)c1OC. The Morgan fingerprint density at radius 2 is 1.60 bits per heavy atom. The maximum atomic E-state index is 6.69. The van der Waals surface area contributed by atoms with E-state index < -0.39 is 5.54 Å². The van der Waals surface area contributed by atoms with Crippen LogP contribution in [0.1, 0.15) is 37.7 Å². The Balaban J connectivity index is 2.66. The summed E-state index contributed by atoms with van der Waals surface area (Å²) in [6, 6.07) is 1.85. The Kier molecular flexibility index (Phi) is 4.81. The quantitative estimate of drug-likeness (QED) is 0.907. The van der Waals surface area contributed by atoms with E-state index in [-0.39, 0.29) is 0 Å². The minimum absolute atomic E-state index is 0.425. The maximum Gasteiger partial charge on any atom is 0.169 e. The van der Waals surface area contributed by atoms with Crippen LogP contribution in [0, 0.1) is 0 Å². The van der Waals surface area contributed by atoms with E-state index in [4.69, 9.17) is 19.9 Å². The highest BCUT2D eigenvalue weighted by molar-refractivity contribution is 9.10. The molecule has 0 aliphatic heterocycles. The molecule has 0 saturated heterocycles. The summed E-state index contributed by atoms with van der Waals surface area (Å²) in [4.78, 5) is 0. The Bertz CT molecular complexity index is 484. The molecule has 0 radical (unpaired) electrons. The van der Waals surface area contributed by atoms with E-state index >= 15 is 0 Å². The molecule has 5 heteroatoms. The zero-order chi connectivity index (χ0) is 14.8. The van der Waals surface area contributed by atoms with Crippen molar-refractivity contribution in [3.8, 4) is 17.2 Å². The van der Waals surface area contributed by atoms with E-state index in [0.717, 1.165) is 41.5 Å². The van der Waals surface area contributed by atoms with Gasteiger partial charge in [-0.3, -0.25) is 0 Å². The van der Waals surface area contributed by atoms with Crippen LogP contribution >= 0.6 is 15.9 Å². The Morgan fingerprint density at radius 3 is 2.10 bits per heavy atom. The van der Waals surface area contributed by atoms with Crippen LogP contribution in [0.2, 0.25) is 0 Å². The van der Waals surface area contributed by atoms with Crippen molar-refractivity contribution < 1.29 is 14.2 Å². The third kappa shape index (κ3) is 2.61. The van der Waals surface area contributed by atoms with Crippen LogP contribution in [0.3, 0.4) is 0 Å². The number of rotatable bonds is 4. The molecule has 0 atom stereocenters. The molecule has 1 aliphatic rings. The van der Waals surface area contributed by atoms with Gasteiger partial charge in [-0.25, -0.2) is 0 Å². The lowest BCUT2D eigenvalue weighted by atomic mass is 9.76. The lowest BCUT2D eigenvalue weighted by Crippen LogP contribution is -2.39. The molecule has 112 valence electrons. The van der Waals surface area contributed by atoms with Gasteiger partial charge in [0.15, 0.2) is 11.5 Å². The zero-order valence-corrected chi connectivity index (χ0v) is 13.9. The van der Waals surface area contributed by atoms with Gasteiger partial charge in [0.2, 0.25) is 0 Å². The van der Waals surface area contributed by atoms with Crippen LogP contribution in [0.5, 0.6) is 17.2 Å². The molecule has 1 aromatic rings. The fraction of sp³-hybridized carbons (Fsp3) is 0.600. The minimum Gasteiger partial charge on any atom is -0.495 e. The fourth-order valence-corrected chi connectivity index (χ4v) is 3.60. The summed E-state index contributed by atoms with van der Waals surface area (Å²) in [6.07, 6.45) is 5.34. The average molecular weight is 344 g/mol. The van der Waals surface area contributed by atoms with Crippen molar-refractivity contribution in [3.05, 3.63) is 16.1 Å². The van der Waals surface area contributed by atoms with Crippen LogP contribution < -0.4 is 19.9 Å². The first-order valence-corrected chi connectivity index (χ1v) is 7.64. The van der Waals surface area contributed by atoms with Gasteiger partial charge in [-0.05, 0) is 28.8 Å².